The molecule has 190 valence electrons. The summed E-state index contributed by atoms with van der Waals surface area (Å²) in [6, 6.07) is 11.5. The summed E-state index contributed by atoms with van der Waals surface area (Å²) in [5, 5.41) is 5.71. The third-order valence-corrected chi connectivity index (χ3v) is 7.81. The maximum Gasteiger partial charge on any atom is 0.253 e. The normalized spacial score (nSPS) is 15.3. The molecule has 1 fully saturated rings. The number of nitrogens with zero attached hydrogens (tertiary/aromatic N) is 1. The molecule has 1 unspecified atom stereocenters. The van der Waals surface area contributed by atoms with Crippen LogP contribution in [-0.4, -0.2) is 64.0 Å². The van der Waals surface area contributed by atoms with Crippen LogP contribution in [0.3, 0.4) is 0 Å². The van der Waals surface area contributed by atoms with Gasteiger partial charge in [0.15, 0.2) is 0 Å². The number of hydrogen-bond donors (Lipinski definition) is 2. The predicted molar refractivity (Wildman–Crippen MR) is 133 cm³/mol. The van der Waals surface area contributed by atoms with Gasteiger partial charge in [-0.15, -0.1) is 0 Å². The first-order chi connectivity index (χ1) is 16.8. The topological polar surface area (TPSA) is 114 Å². The number of carbonyl (C=O) groups is 2. The number of nitrogens with one attached hydrogen (secondary N) is 2. The fourth-order valence-corrected chi connectivity index (χ4v) is 5.16. The lowest BCUT2D eigenvalue weighted by Crippen LogP contribution is -2.40. The van der Waals surface area contributed by atoms with Gasteiger partial charge in [0.25, 0.3) is 5.91 Å². The molecule has 3 rings (SSSR count). The summed E-state index contributed by atoms with van der Waals surface area (Å²) in [5.41, 5.74) is 1.42. The largest absolute Gasteiger partial charge is 0.496 e. The molecular weight excluding hydrogens is 470 g/mol. The van der Waals surface area contributed by atoms with Crippen molar-refractivity contribution in [1.82, 2.24) is 9.62 Å². The molecule has 2 amide bonds. The van der Waals surface area contributed by atoms with Crippen molar-refractivity contribution in [3.63, 3.8) is 0 Å². The average molecular weight is 504 g/mol. The minimum atomic E-state index is -3.67. The number of ether oxygens (including phenoxy) is 2. The van der Waals surface area contributed by atoms with Crippen LogP contribution in [0.4, 0.5) is 5.69 Å². The summed E-state index contributed by atoms with van der Waals surface area (Å²) < 4.78 is 38.1. The highest BCUT2D eigenvalue weighted by atomic mass is 32.2. The first-order valence-corrected chi connectivity index (χ1v) is 13.1. The van der Waals surface area contributed by atoms with Crippen LogP contribution >= 0.6 is 0 Å². The Morgan fingerprint density at radius 1 is 1.14 bits per heavy atom. The number of carbonyl (C=O) groups excluding carboxylic acids is 2. The number of amides is 2. The molecule has 0 aromatic heterocycles. The molecule has 0 radical (unpaired) electrons. The van der Waals surface area contributed by atoms with E-state index < -0.39 is 10.0 Å². The summed E-state index contributed by atoms with van der Waals surface area (Å²) in [7, 11) is -2.17. The summed E-state index contributed by atoms with van der Waals surface area (Å²) in [4.78, 5) is 25.5. The van der Waals surface area contributed by atoms with E-state index in [2.05, 4.69) is 10.6 Å². The second-order valence-electron chi connectivity index (χ2n) is 8.37. The number of morpholine rings is 1. The molecule has 0 bridgehead atoms. The second kappa shape index (κ2) is 12.1. The van der Waals surface area contributed by atoms with Crippen molar-refractivity contribution in [3.05, 3.63) is 53.6 Å². The number of para-hydroxylation sites is 1. The van der Waals surface area contributed by atoms with Crippen LogP contribution < -0.4 is 15.4 Å². The van der Waals surface area contributed by atoms with Crippen molar-refractivity contribution in [2.45, 2.75) is 44.0 Å². The Balaban J connectivity index is 1.71. The summed E-state index contributed by atoms with van der Waals surface area (Å²) in [6.45, 7) is 5.22. The summed E-state index contributed by atoms with van der Waals surface area (Å²) in [6.07, 6.45) is 1.14. The van der Waals surface area contributed by atoms with E-state index >= 15 is 0 Å². The van der Waals surface area contributed by atoms with Gasteiger partial charge < -0.3 is 20.1 Å². The first-order valence-electron chi connectivity index (χ1n) is 11.7. The fourth-order valence-electron chi connectivity index (χ4n) is 3.70. The monoisotopic (exact) mass is 503 g/mol. The number of anilines is 1. The zero-order valence-electron chi connectivity index (χ0n) is 20.4. The molecule has 1 aliphatic rings. The zero-order chi connectivity index (χ0) is 25.4. The lowest BCUT2D eigenvalue weighted by molar-refractivity contribution is -0.116. The Morgan fingerprint density at radius 3 is 2.54 bits per heavy atom. The Labute approximate surface area is 206 Å². The highest BCUT2D eigenvalue weighted by molar-refractivity contribution is 7.89. The van der Waals surface area contributed by atoms with E-state index in [1.54, 1.807) is 36.4 Å². The average Bonchev–Trinajstić information content (AvgIpc) is 2.87. The van der Waals surface area contributed by atoms with E-state index in [4.69, 9.17) is 9.47 Å². The van der Waals surface area contributed by atoms with Gasteiger partial charge in [0, 0.05) is 25.6 Å². The SMILES string of the molecule is CCC(C)NC(=O)c1ccccc1NC(=O)CCc1cc(S(=O)(=O)N2CCOCC2)ccc1OC. The molecule has 1 heterocycles. The van der Waals surface area contributed by atoms with Crippen LogP contribution in [0.2, 0.25) is 0 Å². The van der Waals surface area contributed by atoms with Crippen molar-refractivity contribution < 1.29 is 27.5 Å². The van der Waals surface area contributed by atoms with E-state index in [0.717, 1.165) is 6.42 Å². The standard InChI is InChI=1S/C25H33N3O6S/c1-4-18(2)26-25(30)21-7-5-6-8-22(21)27-24(29)12-9-19-17-20(10-11-23(19)33-3)35(31,32)28-13-15-34-16-14-28/h5-8,10-11,17-18H,4,9,12-16H2,1-3H3,(H,26,30)(H,27,29). The van der Waals surface area contributed by atoms with Gasteiger partial charge in [-0.1, -0.05) is 19.1 Å². The van der Waals surface area contributed by atoms with Crippen LogP contribution in [0.5, 0.6) is 5.75 Å². The molecule has 2 aromatic rings. The first kappa shape index (κ1) is 26.7. The molecule has 0 aliphatic carbocycles. The van der Waals surface area contributed by atoms with Crippen molar-refractivity contribution in [1.29, 1.82) is 0 Å². The molecule has 35 heavy (non-hydrogen) atoms. The van der Waals surface area contributed by atoms with Crippen LogP contribution in [0.25, 0.3) is 0 Å². The van der Waals surface area contributed by atoms with Crippen molar-refractivity contribution in [3.8, 4) is 5.75 Å². The van der Waals surface area contributed by atoms with Crippen LogP contribution in [-0.2, 0) is 26.0 Å². The van der Waals surface area contributed by atoms with E-state index in [1.807, 2.05) is 13.8 Å². The molecule has 1 saturated heterocycles. The molecule has 10 heteroatoms. The third kappa shape index (κ3) is 6.81. The van der Waals surface area contributed by atoms with Gasteiger partial charge in [0.1, 0.15) is 5.75 Å². The Bertz CT molecular complexity index is 1150. The van der Waals surface area contributed by atoms with E-state index in [0.29, 0.717) is 48.9 Å². The molecule has 0 spiro atoms. The molecule has 2 N–H and O–H groups in total. The van der Waals surface area contributed by atoms with Gasteiger partial charge in [-0.3, -0.25) is 9.59 Å². The molecule has 2 aromatic carbocycles. The van der Waals surface area contributed by atoms with E-state index in [1.165, 1.54) is 17.5 Å². The molecule has 1 aliphatic heterocycles. The lowest BCUT2D eigenvalue weighted by atomic mass is 10.1. The van der Waals surface area contributed by atoms with Crippen LogP contribution in [0.15, 0.2) is 47.4 Å². The van der Waals surface area contributed by atoms with Crippen molar-refractivity contribution in [2.75, 3.05) is 38.7 Å². The maximum absolute atomic E-state index is 13.0. The predicted octanol–water partition coefficient (Wildman–Crippen LogP) is 2.82. The number of methoxy groups -OCH3 is 1. The van der Waals surface area contributed by atoms with Gasteiger partial charge in [-0.05, 0) is 55.7 Å². The van der Waals surface area contributed by atoms with Gasteiger partial charge in [0.2, 0.25) is 15.9 Å². The molecular formula is C25H33N3O6S. The van der Waals surface area contributed by atoms with Crippen molar-refractivity contribution >= 4 is 27.5 Å². The third-order valence-electron chi connectivity index (χ3n) is 5.92. The number of rotatable bonds is 10. The van der Waals surface area contributed by atoms with Crippen LogP contribution in [0, 0.1) is 0 Å². The summed E-state index contributed by atoms with van der Waals surface area (Å²) >= 11 is 0. The van der Waals surface area contributed by atoms with Gasteiger partial charge in [0.05, 0.1) is 36.5 Å². The highest BCUT2D eigenvalue weighted by Gasteiger charge is 2.27. The van der Waals surface area contributed by atoms with Crippen molar-refractivity contribution in [2.24, 2.45) is 0 Å². The maximum atomic E-state index is 13.0. The summed E-state index contributed by atoms with van der Waals surface area (Å²) in [5.74, 6) is -0.0396. The van der Waals surface area contributed by atoms with Gasteiger partial charge in [-0.2, -0.15) is 4.31 Å². The zero-order valence-corrected chi connectivity index (χ0v) is 21.2. The molecule has 9 nitrogen and oxygen atoms in total. The lowest BCUT2D eigenvalue weighted by Gasteiger charge is -2.26. The quantitative estimate of drug-likeness (QED) is 0.515. The van der Waals surface area contributed by atoms with Crippen LogP contribution in [0.1, 0.15) is 42.6 Å². The minimum Gasteiger partial charge on any atom is -0.496 e. The molecule has 1 atom stereocenters. The Morgan fingerprint density at radius 2 is 1.86 bits per heavy atom. The van der Waals surface area contributed by atoms with E-state index in [-0.39, 0.29) is 35.6 Å². The fraction of sp³-hybridized carbons (Fsp3) is 0.440. The Kier molecular flexibility index (Phi) is 9.25. The van der Waals surface area contributed by atoms with Gasteiger partial charge >= 0.3 is 0 Å². The number of hydrogen-bond acceptors (Lipinski definition) is 6. The van der Waals surface area contributed by atoms with E-state index in [9.17, 15) is 18.0 Å². The highest BCUT2D eigenvalue weighted by Crippen LogP contribution is 2.26. The number of sulfonamides is 1. The molecule has 0 saturated carbocycles. The second-order valence-corrected chi connectivity index (χ2v) is 10.3. The van der Waals surface area contributed by atoms with Gasteiger partial charge in [-0.25, -0.2) is 8.42 Å². The minimum absolute atomic E-state index is 0.0136. The Hall–Kier alpha value is -2.95. The number of aryl methyl sites for hydroxylation is 1. The number of benzene rings is 2. The smallest absolute Gasteiger partial charge is 0.253 e.